The number of benzene rings is 1. The Morgan fingerprint density at radius 2 is 2.30 bits per heavy atom. The monoisotopic (exact) mass is 297 g/mol. The number of halogens is 1. The largest absolute Gasteiger partial charge is 0.508 e. The molecule has 2 N–H and O–H groups in total. The average molecular weight is 298 g/mol. The number of nitrogens with zero attached hydrogens (tertiary/aromatic N) is 1. The zero-order chi connectivity index (χ0) is 14.7. The minimum atomic E-state index is -0.715. The molecule has 2 rings (SSSR count). The van der Waals surface area contributed by atoms with Crippen LogP contribution in [0, 0.1) is 5.92 Å². The normalized spacial score (nSPS) is 21.6. The first kappa shape index (κ1) is 15.1. The van der Waals surface area contributed by atoms with Crippen molar-refractivity contribution in [2.24, 2.45) is 5.92 Å². The minimum absolute atomic E-state index is 0.182. The molecule has 4 nitrogen and oxygen atoms in total. The third-order valence-electron chi connectivity index (χ3n) is 3.98. The van der Waals surface area contributed by atoms with Gasteiger partial charge in [-0.1, -0.05) is 11.6 Å². The molecular weight excluding hydrogens is 278 g/mol. The van der Waals surface area contributed by atoms with Crippen molar-refractivity contribution in [3.8, 4) is 5.75 Å². The molecule has 0 aliphatic carbocycles. The van der Waals surface area contributed by atoms with Gasteiger partial charge in [0.25, 0.3) is 0 Å². The van der Waals surface area contributed by atoms with Gasteiger partial charge < -0.3 is 10.2 Å². The summed E-state index contributed by atoms with van der Waals surface area (Å²) in [5, 5.41) is 19.6. The van der Waals surface area contributed by atoms with Crippen LogP contribution in [0.1, 0.15) is 25.3 Å². The van der Waals surface area contributed by atoms with E-state index in [1.165, 1.54) is 0 Å². The van der Waals surface area contributed by atoms with Crippen LogP contribution in [0.4, 0.5) is 0 Å². The van der Waals surface area contributed by atoms with Gasteiger partial charge in [0.05, 0.1) is 5.92 Å². The molecule has 1 aliphatic rings. The molecule has 0 spiro atoms. The summed E-state index contributed by atoms with van der Waals surface area (Å²) in [4.78, 5) is 13.3. The molecule has 0 radical (unpaired) electrons. The quantitative estimate of drug-likeness (QED) is 0.897. The number of piperidine rings is 1. The predicted octanol–water partition coefficient (Wildman–Crippen LogP) is 2.77. The molecule has 1 aromatic rings. The van der Waals surface area contributed by atoms with E-state index in [2.05, 4.69) is 11.8 Å². The molecule has 1 saturated heterocycles. The number of carboxylic acids is 1. The molecule has 0 aromatic heterocycles. The van der Waals surface area contributed by atoms with Crippen molar-refractivity contribution in [3.63, 3.8) is 0 Å². The molecule has 20 heavy (non-hydrogen) atoms. The van der Waals surface area contributed by atoms with Crippen LogP contribution < -0.4 is 0 Å². The van der Waals surface area contributed by atoms with Gasteiger partial charge in [-0.2, -0.15) is 0 Å². The summed E-state index contributed by atoms with van der Waals surface area (Å²) in [6, 6.07) is 5.21. The van der Waals surface area contributed by atoms with E-state index < -0.39 is 5.97 Å². The third-order valence-corrected chi connectivity index (χ3v) is 4.22. The van der Waals surface area contributed by atoms with E-state index in [1.807, 2.05) is 0 Å². The van der Waals surface area contributed by atoms with Gasteiger partial charge in [-0.15, -0.1) is 0 Å². The lowest BCUT2D eigenvalue weighted by Gasteiger charge is -2.35. The number of hydrogen-bond acceptors (Lipinski definition) is 3. The molecule has 110 valence electrons. The lowest BCUT2D eigenvalue weighted by Crippen LogP contribution is -2.44. The van der Waals surface area contributed by atoms with Crippen LogP contribution in [0.5, 0.6) is 5.75 Å². The van der Waals surface area contributed by atoms with Crippen molar-refractivity contribution in [1.29, 1.82) is 0 Å². The minimum Gasteiger partial charge on any atom is -0.508 e. The van der Waals surface area contributed by atoms with Crippen LogP contribution in [-0.2, 0) is 11.2 Å². The number of carbonyl (C=O) groups is 1. The summed E-state index contributed by atoms with van der Waals surface area (Å²) in [6.45, 7) is 3.55. The summed E-state index contributed by atoms with van der Waals surface area (Å²) in [6.07, 6.45) is 2.32. The van der Waals surface area contributed by atoms with E-state index in [-0.39, 0.29) is 17.7 Å². The van der Waals surface area contributed by atoms with E-state index in [0.717, 1.165) is 24.9 Å². The molecule has 0 saturated carbocycles. The van der Waals surface area contributed by atoms with E-state index in [0.29, 0.717) is 18.0 Å². The number of hydrogen-bond donors (Lipinski definition) is 2. The molecule has 1 aromatic carbocycles. The highest BCUT2D eigenvalue weighted by molar-refractivity contribution is 6.30. The fourth-order valence-electron chi connectivity index (χ4n) is 2.77. The Labute approximate surface area is 124 Å². The van der Waals surface area contributed by atoms with E-state index in [4.69, 9.17) is 16.7 Å². The van der Waals surface area contributed by atoms with Gasteiger partial charge in [0, 0.05) is 17.6 Å². The second kappa shape index (κ2) is 6.46. The van der Waals surface area contributed by atoms with Crippen LogP contribution in [0.15, 0.2) is 18.2 Å². The number of phenols is 1. The maximum Gasteiger partial charge on any atom is 0.307 e. The SMILES string of the molecule is CC(Cc1cc(Cl)ccc1O)N1CCCC(C(=O)O)C1. The first-order chi connectivity index (χ1) is 9.47. The van der Waals surface area contributed by atoms with Gasteiger partial charge in [-0.3, -0.25) is 9.69 Å². The van der Waals surface area contributed by atoms with Crippen molar-refractivity contribution < 1.29 is 15.0 Å². The highest BCUT2D eigenvalue weighted by Gasteiger charge is 2.28. The molecule has 1 aliphatic heterocycles. The van der Waals surface area contributed by atoms with E-state index >= 15 is 0 Å². The van der Waals surface area contributed by atoms with Gasteiger partial charge >= 0.3 is 5.97 Å². The first-order valence-electron chi connectivity index (χ1n) is 6.91. The van der Waals surface area contributed by atoms with Crippen LogP contribution in [-0.4, -0.2) is 40.2 Å². The van der Waals surface area contributed by atoms with Crippen molar-refractivity contribution in [1.82, 2.24) is 4.90 Å². The summed E-state index contributed by atoms with van der Waals surface area (Å²) in [5.74, 6) is -0.750. The number of rotatable bonds is 4. The number of likely N-dealkylation sites (tertiary alicyclic amines) is 1. The Hall–Kier alpha value is -1.26. The van der Waals surface area contributed by atoms with Gasteiger partial charge in [-0.25, -0.2) is 0 Å². The molecule has 0 bridgehead atoms. The zero-order valence-electron chi connectivity index (χ0n) is 11.6. The van der Waals surface area contributed by atoms with E-state index in [1.54, 1.807) is 18.2 Å². The fraction of sp³-hybridized carbons (Fsp3) is 0.533. The highest BCUT2D eigenvalue weighted by Crippen LogP contribution is 2.25. The zero-order valence-corrected chi connectivity index (χ0v) is 12.3. The Morgan fingerprint density at radius 3 is 3.00 bits per heavy atom. The number of carboxylic acid groups (broad SMARTS) is 1. The Balaban J connectivity index is 2.02. The maximum atomic E-state index is 11.1. The number of aliphatic carboxylic acids is 1. The maximum absolute atomic E-state index is 11.1. The van der Waals surface area contributed by atoms with Crippen molar-refractivity contribution in [2.45, 2.75) is 32.2 Å². The summed E-state index contributed by atoms with van der Waals surface area (Å²) in [7, 11) is 0. The smallest absolute Gasteiger partial charge is 0.307 e. The van der Waals surface area contributed by atoms with Crippen LogP contribution in [0.2, 0.25) is 5.02 Å². The van der Waals surface area contributed by atoms with Crippen molar-refractivity contribution in [2.75, 3.05) is 13.1 Å². The lowest BCUT2D eigenvalue weighted by molar-refractivity contribution is -0.143. The summed E-state index contributed by atoms with van der Waals surface area (Å²) in [5.41, 5.74) is 0.808. The van der Waals surface area contributed by atoms with Crippen molar-refractivity contribution >= 4 is 17.6 Å². The van der Waals surface area contributed by atoms with Crippen LogP contribution in [0.3, 0.4) is 0 Å². The van der Waals surface area contributed by atoms with Gasteiger partial charge in [-0.05, 0) is 56.5 Å². The summed E-state index contributed by atoms with van der Waals surface area (Å²) >= 11 is 5.95. The molecule has 0 amide bonds. The van der Waals surface area contributed by atoms with Gasteiger partial charge in [0.2, 0.25) is 0 Å². The van der Waals surface area contributed by atoms with Crippen LogP contribution >= 0.6 is 11.6 Å². The lowest BCUT2D eigenvalue weighted by atomic mass is 9.95. The Bertz CT molecular complexity index is 492. The van der Waals surface area contributed by atoms with E-state index in [9.17, 15) is 9.90 Å². The molecule has 2 atom stereocenters. The Morgan fingerprint density at radius 1 is 1.55 bits per heavy atom. The molecule has 1 heterocycles. The first-order valence-corrected chi connectivity index (χ1v) is 7.29. The number of phenolic OH excluding ortho intramolecular Hbond substituents is 1. The fourth-order valence-corrected chi connectivity index (χ4v) is 2.97. The topological polar surface area (TPSA) is 60.8 Å². The second-order valence-corrected chi connectivity index (χ2v) is 5.93. The average Bonchev–Trinajstić information content (AvgIpc) is 2.43. The predicted molar refractivity (Wildman–Crippen MR) is 78.2 cm³/mol. The van der Waals surface area contributed by atoms with Crippen molar-refractivity contribution in [3.05, 3.63) is 28.8 Å². The van der Waals surface area contributed by atoms with Gasteiger partial charge in [0.1, 0.15) is 5.75 Å². The third kappa shape index (κ3) is 3.64. The second-order valence-electron chi connectivity index (χ2n) is 5.50. The number of aromatic hydroxyl groups is 1. The molecular formula is C15H20ClNO3. The van der Waals surface area contributed by atoms with Crippen LogP contribution in [0.25, 0.3) is 0 Å². The van der Waals surface area contributed by atoms with Gasteiger partial charge in [0.15, 0.2) is 0 Å². The molecule has 2 unspecified atom stereocenters. The molecule has 5 heteroatoms. The molecule has 1 fully saturated rings. The summed E-state index contributed by atoms with van der Waals surface area (Å²) < 4.78 is 0. The highest BCUT2D eigenvalue weighted by atomic mass is 35.5. The Kier molecular flexibility index (Phi) is 4.89. The standard InChI is InChI=1S/C15H20ClNO3/c1-10(7-12-8-13(16)4-5-14(12)18)17-6-2-3-11(9-17)15(19)20/h4-5,8,10-11,18H,2-3,6-7,9H2,1H3,(H,19,20).